The quantitative estimate of drug-likeness (QED) is 0.477. The summed E-state index contributed by atoms with van der Waals surface area (Å²) < 4.78 is 37.8. The molecule has 3 aromatic rings. The minimum Gasteiger partial charge on any atom is -0.497 e. The van der Waals surface area contributed by atoms with Gasteiger partial charge >= 0.3 is 0 Å². The highest BCUT2D eigenvalue weighted by atomic mass is 32.2. The molecule has 2 aromatic carbocycles. The summed E-state index contributed by atoms with van der Waals surface area (Å²) in [7, 11) is -0.0994. The van der Waals surface area contributed by atoms with Crippen molar-refractivity contribution in [1.82, 2.24) is 4.98 Å². The minimum atomic E-state index is -3.37. The monoisotopic (exact) mass is 486 g/mol. The van der Waals surface area contributed by atoms with Gasteiger partial charge in [0.2, 0.25) is 0 Å². The Bertz CT molecular complexity index is 1240. The van der Waals surface area contributed by atoms with Crippen molar-refractivity contribution in [2.24, 2.45) is 0 Å². The Labute approximate surface area is 200 Å². The number of piperidine rings is 1. The van der Waals surface area contributed by atoms with Gasteiger partial charge in [-0.2, -0.15) is 0 Å². The molecule has 1 saturated heterocycles. The molecular formula is C25H30N2O4S2. The third-order valence-electron chi connectivity index (χ3n) is 6.22. The maximum absolute atomic E-state index is 13.4. The van der Waals surface area contributed by atoms with E-state index in [0.717, 1.165) is 44.6 Å². The molecule has 0 bridgehead atoms. The lowest BCUT2D eigenvalue weighted by atomic mass is 10.1. The number of aryl methyl sites for hydroxylation is 3. The van der Waals surface area contributed by atoms with Gasteiger partial charge in [-0.25, -0.2) is 13.4 Å². The molecule has 1 aliphatic rings. The summed E-state index contributed by atoms with van der Waals surface area (Å²) in [5, 5.41) is 2.54. The molecule has 8 heteroatoms. The van der Waals surface area contributed by atoms with E-state index in [0.29, 0.717) is 30.8 Å². The van der Waals surface area contributed by atoms with Gasteiger partial charge in [-0.15, -0.1) is 11.3 Å². The molecular weight excluding hydrogens is 456 g/mol. The van der Waals surface area contributed by atoms with Gasteiger partial charge in [0.25, 0.3) is 0 Å². The number of rotatable bonds is 6. The number of benzene rings is 2. The standard InChI is InChI=1S/C25H30N2O4S2/c1-16-12-17(2)24(18(3)13-16)33(28,29)20-8-10-27(11-9-20)25-26-22(15-32-25)21-14-19(30-4)6-7-23(21)31-5/h6-7,12-15,20H,8-11H2,1-5H3. The van der Waals surface area contributed by atoms with Crippen LogP contribution in [0, 0.1) is 20.8 Å². The van der Waals surface area contributed by atoms with Crippen LogP contribution in [0.4, 0.5) is 5.13 Å². The lowest BCUT2D eigenvalue weighted by Gasteiger charge is -2.32. The molecule has 176 valence electrons. The van der Waals surface area contributed by atoms with E-state index < -0.39 is 9.84 Å². The number of hydrogen-bond donors (Lipinski definition) is 0. The Morgan fingerprint density at radius 1 is 1.00 bits per heavy atom. The fourth-order valence-corrected chi connectivity index (χ4v) is 7.75. The number of sulfone groups is 1. The Morgan fingerprint density at radius 3 is 2.27 bits per heavy atom. The van der Waals surface area contributed by atoms with E-state index in [-0.39, 0.29) is 5.25 Å². The molecule has 2 heterocycles. The zero-order valence-electron chi connectivity index (χ0n) is 19.7. The van der Waals surface area contributed by atoms with Crippen LogP contribution in [0.3, 0.4) is 0 Å². The Morgan fingerprint density at radius 2 is 1.67 bits per heavy atom. The van der Waals surface area contributed by atoms with Crippen molar-refractivity contribution in [3.8, 4) is 22.8 Å². The second kappa shape index (κ2) is 9.35. The van der Waals surface area contributed by atoms with Crippen LogP contribution in [0.1, 0.15) is 29.5 Å². The molecule has 0 radical (unpaired) electrons. The van der Waals surface area contributed by atoms with Crippen LogP contribution in [0.15, 0.2) is 40.6 Å². The Kier molecular flexibility index (Phi) is 6.68. The molecule has 1 aromatic heterocycles. The van der Waals surface area contributed by atoms with Crippen molar-refractivity contribution >= 4 is 26.3 Å². The van der Waals surface area contributed by atoms with Crippen molar-refractivity contribution in [2.45, 2.75) is 43.8 Å². The molecule has 0 spiro atoms. The Hall–Kier alpha value is -2.58. The van der Waals surface area contributed by atoms with Gasteiger partial charge in [0, 0.05) is 24.0 Å². The van der Waals surface area contributed by atoms with Crippen LogP contribution >= 0.6 is 11.3 Å². The molecule has 0 unspecified atom stereocenters. The predicted molar refractivity (Wildman–Crippen MR) is 134 cm³/mol. The molecule has 0 saturated carbocycles. The summed E-state index contributed by atoms with van der Waals surface area (Å²) in [4.78, 5) is 7.52. The van der Waals surface area contributed by atoms with E-state index in [1.807, 2.05) is 56.5 Å². The SMILES string of the molecule is COc1ccc(OC)c(-c2csc(N3CCC(S(=O)(=O)c4c(C)cc(C)cc4C)CC3)n2)c1. The smallest absolute Gasteiger partial charge is 0.185 e. The second-order valence-electron chi connectivity index (χ2n) is 8.54. The molecule has 33 heavy (non-hydrogen) atoms. The second-order valence-corrected chi connectivity index (χ2v) is 11.5. The summed E-state index contributed by atoms with van der Waals surface area (Å²) in [5.41, 5.74) is 4.47. The zero-order valence-corrected chi connectivity index (χ0v) is 21.3. The predicted octanol–water partition coefficient (Wildman–Crippen LogP) is 5.20. The van der Waals surface area contributed by atoms with Crippen LogP contribution in [-0.4, -0.2) is 46.0 Å². The third kappa shape index (κ3) is 4.59. The van der Waals surface area contributed by atoms with Gasteiger partial charge in [0.1, 0.15) is 11.5 Å². The summed E-state index contributed by atoms with van der Waals surface area (Å²) >= 11 is 1.56. The number of thiazole rings is 1. The molecule has 0 atom stereocenters. The maximum atomic E-state index is 13.4. The molecule has 1 fully saturated rings. The summed E-state index contributed by atoms with van der Waals surface area (Å²) in [6, 6.07) is 9.57. The fourth-order valence-electron chi connectivity index (χ4n) is 4.69. The highest BCUT2D eigenvalue weighted by molar-refractivity contribution is 7.92. The van der Waals surface area contributed by atoms with Crippen LogP contribution in [-0.2, 0) is 9.84 Å². The average molecular weight is 487 g/mol. The van der Waals surface area contributed by atoms with Crippen LogP contribution in [0.25, 0.3) is 11.3 Å². The summed E-state index contributed by atoms with van der Waals surface area (Å²) in [5.74, 6) is 1.48. The van der Waals surface area contributed by atoms with Crippen LogP contribution in [0.2, 0.25) is 0 Å². The molecule has 6 nitrogen and oxygen atoms in total. The van der Waals surface area contributed by atoms with E-state index in [4.69, 9.17) is 14.5 Å². The van der Waals surface area contributed by atoms with Crippen molar-refractivity contribution in [3.05, 3.63) is 52.4 Å². The first-order valence-corrected chi connectivity index (χ1v) is 13.4. The van der Waals surface area contributed by atoms with E-state index in [9.17, 15) is 8.42 Å². The summed E-state index contributed by atoms with van der Waals surface area (Å²) in [6.45, 7) is 7.11. The molecule has 4 rings (SSSR count). The van der Waals surface area contributed by atoms with E-state index >= 15 is 0 Å². The molecule has 1 aliphatic heterocycles. The zero-order chi connectivity index (χ0) is 23.8. The van der Waals surface area contributed by atoms with Gasteiger partial charge in [0.15, 0.2) is 15.0 Å². The van der Waals surface area contributed by atoms with Crippen molar-refractivity contribution in [1.29, 1.82) is 0 Å². The third-order valence-corrected chi connectivity index (χ3v) is 9.68. The van der Waals surface area contributed by atoms with Crippen LogP contribution in [0.5, 0.6) is 11.5 Å². The first kappa shape index (κ1) is 23.6. The van der Waals surface area contributed by atoms with Gasteiger partial charge in [0.05, 0.1) is 30.1 Å². The topological polar surface area (TPSA) is 68.7 Å². The maximum Gasteiger partial charge on any atom is 0.185 e. The number of anilines is 1. The lowest BCUT2D eigenvalue weighted by molar-refractivity contribution is 0.404. The number of hydrogen-bond acceptors (Lipinski definition) is 7. The molecule has 0 aliphatic carbocycles. The van der Waals surface area contributed by atoms with Gasteiger partial charge in [-0.05, 0) is 62.9 Å². The number of methoxy groups -OCH3 is 2. The van der Waals surface area contributed by atoms with E-state index in [2.05, 4.69) is 4.90 Å². The number of aromatic nitrogens is 1. The van der Waals surface area contributed by atoms with Crippen molar-refractivity contribution < 1.29 is 17.9 Å². The van der Waals surface area contributed by atoms with E-state index in [1.54, 1.807) is 25.6 Å². The molecule has 0 amide bonds. The minimum absolute atomic E-state index is 0.369. The van der Waals surface area contributed by atoms with Gasteiger partial charge in [-0.1, -0.05) is 17.7 Å². The highest BCUT2D eigenvalue weighted by Gasteiger charge is 2.34. The Balaban J connectivity index is 1.51. The average Bonchev–Trinajstić information content (AvgIpc) is 3.28. The first-order chi connectivity index (χ1) is 15.7. The van der Waals surface area contributed by atoms with Gasteiger partial charge < -0.3 is 14.4 Å². The van der Waals surface area contributed by atoms with Gasteiger partial charge in [-0.3, -0.25) is 0 Å². The van der Waals surface area contributed by atoms with Crippen LogP contribution < -0.4 is 14.4 Å². The lowest BCUT2D eigenvalue weighted by Crippen LogP contribution is -2.39. The number of nitrogens with zero attached hydrogens (tertiary/aromatic N) is 2. The number of ether oxygens (including phenoxy) is 2. The van der Waals surface area contributed by atoms with Crippen molar-refractivity contribution in [3.63, 3.8) is 0 Å². The normalized spacial score (nSPS) is 15.0. The first-order valence-electron chi connectivity index (χ1n) is 11.0. The van der Waals surface area contributed by atoms with E-state index in [1.165, 1.54) is 0 Å². The largest absolute Gasteiger partial charge is 0.497 e. The van der Waals surface area contributed by atoms with Crippen molar-refractivity contribution in [2.75, 3.05) is 32.2 Å². The highest BCUT2D eigenvalue weighted by Crippen LogP contribution is 2.37. The molecule has 0 N–H and O–H groups in total. The fraction of sp³-hybridized carbons (Fsp3) is 0.400. The summed E-state index contributed by atoms with van der Waals surface area (Å²) in [6.07, 6.45) is 1.18.